The second-order valence-electron chi connectivity index (χ2n) is 18.3. The first kappa shape index (κ1) is 40.2. The summed E-state index contributed by atoms with van der Waals surface area (Å²) < 4.78 is 4.89. The summed E-state index contributed by atoms with van der Waals surface area (Å²) in [6, 6.07) is 71.0. The molecule has 0 atom stereocenters. The highest BCUT2D eigenvalue weighted by Crippen LogP contribution is 2.51. The van der Waals surface area contributed by atoms with Crippen LogP contribution in [0.15, 0.2) is 225 Å². The van der Waals surface area contributed by atoms with Crippen LogP contribution >= 0.6 is 0 Å². The van der Waals surface area contributed by atoms with Crippen molar-refractivity contribution in [1.29, 1.82) is 0 Å². The fourth-order valence-electron chi connectivity index (χ4n) is 10.7. The maximum atomic E-state index is 5.16. The minimum Gasteiger partial charge on any atom is -0.309 e. The monoisotopic (exact) mass is 860 g/mol. The van der Waals surface area contributed by atoms with Gasteiger partial charge in [-0.05, 0) is 94.9 Å². The Hall–Kier alpha value is -8.34. The molecule has 320 valence electrons. The van der Waals surface area contributed by atoms with Gasteiger partial charge in [-0.2, -0.15) is 0 Å². The van der Waals surface area contributed by atoms with Crippen LogP contribution in [0.25, 0.3) is 83.2 Å². The summed E-state index contributed by atoms with van der Waals surface area (Å²) in [6.45, 7) is 10.8. The van der Waals surface area contributed by atoms with E-state index in [1.54, 1.807) is 6.08 Å². The number of hydrogen-bond acceptors (Lipinski definition) is 2. The summed E-state index contributed by atoms with van der Waals surface area (Å²) in [4.78, 5) is 10.2. The van der Waals surface area contributed by atoms with E-state index in [2.05, 4.69) is 218 Å². The quantitative estimate of drug-likeness (QED) is 0.143. The molecule has 0 spiro atoms. The Balaban J connectivity index is 1.04. The van der Waals surface area contributed by atoms with E-state index in [0.29, 0.717) is 5.82 Å². The van der Waals surface area contributed by atoms with Crippen molar-refractivity contribution in [3.8, 4) is 34.0 Å². The Labute approximate surface area is 391 Å². The third-order valence-electron chi connectivity index (χ3n) is 14.0. The SMILES string of the molecule is C=C/C=C\C=C(/C)c1cc(-c2ccc(C3c4ccc(-n5c6ccccc6c6ccccc65)cc4C(C)(C)c4cc(-n5c6ccccc6c6ccccc65)ccc43)cc2)nc(-c2ccccc2)n1. The normalized spacial score (nSPS) is 13.7. The van der Waals surface area contributed by atoms with E-state index in [0.717, 1.165) is 28.1 Å². The van der Waals surface area contributed by atoms with Crippen LogP contribution < -0.4 is 0 Å². The topological polar surface area (TPSA) is 35.6 Å². The maximum absolute atomic E-state index is 5.16. The molecule has 12 rings (SSSR count). The number of nitrogens with zero attached hydrogens (tertiary/aromatic N) is 4. The van der Waals surface area contributed by atoms with Crippen molar-refractivity contribution in [2.24, 2.45) is 0 Å². The fourth-order valence-corrected chi connectivity index (χ4v) is 10.7. The minimum absolute atomic E-state index is 0.00542. The van der Waals surface area contributed by atoms with E-state index in [1.807, 2.05) is 30.4 Å². The van der Waals surface area contributed by atoms with Crippen molar-refractivity contribution in [1.82, 2.24) is 19.1 Å². The molecule has 0 radical (unpaired) electrons. The number of aromatic nitrogens is 4. The van der Waals surface area contributed by atoms with Gasteiger partial charge >= 0.3 is 0 Å². The summed E-state index contributed by atoms with van der Waals surface area (Å²) in [5.74, 6) is 0.697. The van der Waals surface area contributed by atoms with Gasteiger partial charge in [-0.25, -0.2) is 9.97 Å². The van der Waals surface area contributed by atoms with Gasteiger partial charge in [0.2, 0.25) is 0 Å². The molecule has 4 heteroatoms. The van der Waals surface area contributed by atoms with Gasteiger partial charge in [0, 0.05) is 55.4 Å². The van der Waals surface area contributed by atoms with E-state index in [9.17, 15) is 0 Å². The number of allylic oxidation sites excluding steroid dienone is 5. The summed E-state index contributed by atoms with van der Waals surface area (Å²) in [6.07, 6.45) is 7.79. The van der Waals surface area contributed by atoms with Crippen molar-refractivity contribution >= 4 is 49.2 Å². The first-order chi connectivity index (χ1) is 32.9. The molecular weight excluding hydrogens is 813 g/mol. The smallest absolute Gasteiger partial charge is 0.160 e. The highest BCUT2D eigenvalue weighted by atomic mass is 15.0. The van der Waals surface area contributed by atoms with Crippen LogP contribution in [0.1, 0.15) is 60.2 Å². The molecule has 0 amide bonds. The van der Waals surface area contributed by atoms with E-state index in [4.69, 9.17) is 9.97 Å². The zero-order valence-electron chi connectivity index (χ0n) is 37.9. The predicted octanol–water partition coefficient (Wildman–Crippen LogP) is 16.0. The standard InChI is InChI=1S/C63H48N4/c1-5-6-8-19-41(2)55-40-56(65-62(64-55)44-20-9-7-10-21-44)42-30-32-43(33-31-42)61-51-36-34-45(66-57-26-15-11-22-47(57)48-23-12-16-27-58(48)66)38-53(51)63(3,4)54-39-46(35-37-52(54)61)67-59-28-17-13-24-49(59)50-25-14-18-29-60(50)67/h5-40,61H,1H2,2-4H3/b8-6-,41-19+. The third-order valence-corrected chi connectivity index (χ3v) is 14.0. The predicted molar refractivity (Wildman–Crippen MR) is 281 cm³/mol. The Morgan fingerprint density at radius 2 is 0.985 bits per heavy atom. The number of benzene rings is 8. The molecule has 0 fully saturated rings. The summed E-state index contributed by atoms with van der Waals surface area (Å²) >= 11 is 0. The molecule has 4 nitrogen and oxygen atoms in total. The molecule has 8 aromatic carbocycles. The van der Waals surface area contributed by atoms with Crippen LogP contribution in [0, 0.1) is 0 Å². The molecule has 11 aromatic rings. The third kappa shape index (κ3) is 6.59. The fraction of sp³-hybridized carbons (Fsp3) is 0.0794. The number of hydrogen-bond donors (Lipinski definition) is 0. The Kier molecular flexibility index (Phi) is 9.58. The van der Waals surface area contributed by atoms with Crippen molar-refractivity contribution < 1.29 is 0 Å². The lowest BCUT2D eigenvalue weighted by Crippen LogP contribution is -2.30. The van der Waals surface area contributed by atoms with E-state index in [1.165, 1.54) is 82.8 Å². The van der Waals surface area contributed by atoms with Crippen LogP contribution in [0.4, 0.5) is 0 Å². The molecule has 0 aliphatic heterocycles. The van der Waals surface area contributed by atoms with Crippen LogP contribution in [0.5, 0.6) is 0 Å². The largest absolute Gasteiger partial charge is 0.309 e. The Morgan fingerprint density at radius 1 is 0.507 bits per heavy atom. The van der Waals surface area contributed by atoms with E-state index >= 15 is 0 Å². The molecule has 1 aliphatic carbocycles. The molecule has 0 unspecified atom stereocenters. The van der Waals surface area contributed by atoms with Crippen molar-refractivity contribution in [2.75, 3.05) is 0 Å². The lowest BCUT2D eigenvalue weighted by molar-refractivity contribution is 0.596. The van der Waals surface area contributed by atoms with Gasteiger partial charge in [0.15, 0.2) is 5.82 Å². The van der Waals surface area contributed by atoms with Gasteiger partial charge < -0.3 is 9.13 Å². The van der Waals surface area contributed by atoms with Gasteiger partial charge in [-0.1, -0.05) is 184 Å². The molecule has 0 bridgehead atoms. The molecule has 0 saturated heterocycles. The molecule has 67 heavy (non-hydrogen) atoms. The average Bonchev–Trinajstić information content (AvgIpc) is 3.90. The first-order valence-electron chi connectivity index (χ1n) is 23.1. The molecule has 1 aliphatic rings. The zero-order chi connectivity index (χ0) is 45.2. The molecule has 3 heterocycles. The molecule has 0 saturated carbocycles. The Morgan fingerprint density at radius 3 is 1.48 bits per heavy atom. The van der Waals surface area contributed by atoms with Crippen LogP contribution in [0.3, 0.4) is 0 Å². The summed E-state index contributed by atoms with van der Waals surface area (Å²) in [7, 11) is 0. The highest BCUT2D eigenvalue weighted by Gasteiger charge is 2.39. The van der Waals surface area contributed by atoms with Crippen molar-refractivity contribution in [2.45, 2.75) is 32.1 Å². The van der Waals surface area contributed by atoms with Gasteiger partial charge in [0.1, 0.15) is 0 Å². The number of fused-ring (bicyclic) bond motifs is 8. The summed E-state index contributed by atoms with van der Waals surface area (Å²) in [5, 5.41) is 5.04. The number of para-hydroxylation sites is 4. The maximum Gasteiger partial charge on any atom is 0.160 e. The second-order valence-corrected chi connectivity index (χ2v) is 18.3. The second kappa shape index (κ2) is 16.0. The van der Waals surface area contributed by atoms with Crippen molar-refractivity contribution in [3.05, 3.63) is 259 Å². The minimum atomic E-state index is -0.331. The Bertz CT molecular complexity index is 3530. The van der Waals surface area contributed by atoms with Gasteiger partial charge in [0.25, 0.3) is 0 Å². The highest BCUT2D eigenvalue weighted by molar-refractivity contribution is 6.10. The molecule has 3 aromatic heterocycles. The number of rotatable bonds is 8. The van der Waals surface area contributed by atoms with Crippen LogP contribution in [-0.2, 0) is 5.41 Å². The first-order valence-corrected chi connectivity index (χ1v) is 23.1. The average molecular weight is 861 g/mol. The summed E-state index contributed by atoms with van der Waals surface area (Å²) in [5.41, 5.74) is 18.2. The molecule has 0 N–H and O–H groups in total. The van der Waals surface area contributed by atoms with Gasteiger partial charge in [-0.15, -0.1) is 0 Å². The lowest BCUT2D eigenvalue weighted by atomic mass is 9.63. The molecular formula is C63H48N4. The van der Waals surface area contributed by atoms with Crippen molar-refractivity contribution in [3.63, 3.8) is 0 Å². The van der Waals surface area contributed by atoms with E-state index in [-0.39, 0.29) is 11.3 Å². The lowest BCUT2D eigenvalue weighted by Gasteiger charge is -2.40. The van der Waals surface area contributed by atoms with Gasteiger partial charge in [0.05, 0.1) is 33.5 Å². The van der Waals surface area contributed by atoms with E-state index < -0.39 is 0 Å². The zero-order valence-corrected chi connectivity index (χ0v) is 37.9. The van der Waals surface area contributed by atoms with Crippen LogP contribution in [-0.4, -0.2) is 19.1 Å². The van der Waals surface area contributed by atoms with Crippen LogP contribution in [0.2, 0.25) is 0 Å². The van der Waals surface area contributed by atoms with Gasteiger partial charge in [-0.3, -0.25) is 0 Å².